The number of nitro groups is 1. The molecule has 19 heavy (non-hydrogen) atoms. The minimum Gasteiger partial charge on any atom is -0.481 e. The maximum Gasteiger partial charge on any atom is 0.311 e. The summed E-state index contributed by atoms with van der Waals surface area (Å²) in [5.74, 6) is -0.547. The molecule has 0 aliphatic rings. The Labute approximate surface area is 109 Å². The van der Waals surface area contributed by atoms with Crippen LogP contribution in [0.3, 0.4) is 0 Å². The number of pyridine rings is 1. The van der Waals surface area contributed by atoms with Crippen LogP contribution in [0.1, 0.15) is 6.92 Å². The molecule has 0 aliphatic heterocycles. The number of nitrogens with zero attached hydrogens (tertiary/aromatic N) is 2. The molecule has 0 saturated carbocycles. The molecule has 1 heterocycles. The largest absolute Gasteiger partial charge is 0.481 e. The molecule has 104 valence electrons. The first kappa shape index (κ1) is 14.7. The highest BCUT2D eigenvalue weighted by Crippen LogP contribution is 2.24. The van der Waals surface area contributed by atoms with E-state index in [1.54, 1.807) is 6.92 Å². The van der Waals surface area contributed by atoms with Crippen molar-refractivity contribution in [3.63, 3.8) is 0 Å². The molecule has 1 atom stereocenters. The summed E-state index contributed by atoms with van der Waals surface area (Å²) in [5.41, 5.74) is -0.183. The van der Waals surface area contributed by atoms with Gasteiger partial charge in [-0.25, -0.2) is 0 Å². The molecule has 8 nitrogen and oxygen atoms in total. The third-order valence-corrected chi connectivity index (χ3v) is 2.43. The molecular formula is C11H15N3O5. The van der Waals surface area contributed by atoms with Crippen LogP contribution in [0.25, 0.3) is 0 Å². The number of rotatable bonds is 6. The first-order valence-electron chi connectivity index (χ1n) is 5.50. The summed E-state index contributed by atoms with van der Waals surface area (Å²) in [6.45, 7) is 1.82. The van der Waals surface area contributed by atoms with Gasteiger partial charge in [-0.2, -0.15) is 4.98 Å². The van der Waals surface area contributed by atoms with E-state index in [1.807, 2.05) is 0 Å². The molecule has 0 aliphatic carbocycles. The van der Waals surface area contributed by atoms with Crippen LogP contribution in [0, 0.1) is 16.0 Å². The molecule has 1 N–H and O–H groups in total. The number of carbonyl (C=O) groups excluding carboxylic acids is 1. The van der Waals surface area contributed by atoms with E-state index >= 15 is 0 Å². The van der Waals surface area contributed by atoms with Gasteiger partial charge in [0.05, 0.1) is 25.1 Å². The highest BCUT2D eigenvalue weighted by molar-refractivity contribution is 5.72. The third-order valence-electron chi connectivity index (χ3n) is 2.43. The van der Waals surface area contributed by atoms with Crippen LogP contribution in [0.15, 0.2) is 12.1 Å². The Morgan fingerprint density at radius 2 is 2.21 bits per heavy atom. The molecule has 0 spiro atoms. The fourth-order valence-corrected chi connectivity index (χ4v) is 1.36. The van der Waals surface area contributed by atoms with E-state index in [2.05, 4.69) is 15.0 Å². The Bertz CT molecular complexity index is 477. The van der Waals surface area contributed by atoms with Gasteiger partial charge in [0.15, 0.2) is 0 Å². The van der Waals surface area contributed by atoms with Crippen molar-refractivity contribution >= 4 is 17.5 Å². The molecule has 1 rings (SSSR count). The van der Waals surface area contributed by atoms with E-state index in [-0.39, 0.29) is 23.9 Å². The molecule has 0 bridgehead atoms. The topological polar surface area (TPSA) is 104 Å². The van der Waals surface area contributed by atoms with Gasteiger partial charge >= 0.3 is 11.7 Å². The number of aromatic nitrogens is 1. The van der Waals surface area contributed by atoms with E-state index in [0.29, 0.717) is 0 Å². The standard InChI is InChI=1S/C11H15N3O5/c1-7(11(15)19-3)6-12-10-8(14(16)17)4-5-9(13-10)18-2/h4-5,7H,6H2,1-3H3,(H,12,13)/t7-/m0/s1. The van der Waals surface area contributed by atoms with Gasteiger partial charge in [0.2, 0.25) is 11.7 Å². The summed E-state index contributed by atoms with van der Waals surface area (Å²) >= 11 is 0. The van der Waals surface area contributed by atoms with Crippen molar-refractivity contribution in [3.8, 4) is 5.88 Å². The van der Waals surface area contributed by atoms with Gasteiger partial charge in [-0.1, -0.05) is 6.92 Å². The molecule has 8 heteroatoms. The van der Waals surface area contributed by atoms with Crippen molar-refractivity contribution in [1.29, 1.82) is 0 Å². The van der Waals surface area contributed by atoms with E-state index in [4.69, 9.17) is 4.74 Å². The Morgan fingerprint density at radius 3 is 2.74 bits per heavy atom. The average Bonchev–Trinajstić information content (AvgIpc) is 2.43. The first-order valence-corrected chi connectivity index (χ1v) is 5.50. The summed E-state index contributed by atoms with van der Waals surface area (Å²) in [4.78, 5) is 25.5. The predicted molar refractivity (Wildman–Crippen MR) is 67.1 cm³/mol. The van der Waals surface area contributed by atoms with E-state index in [1.165, 1.54) is 26.4 Å². The molecule has 0 radical (unpaired) electrons. The van der Waals surface area contributed by atoms with Gasteiger partial charge in [-0.3, -0.25) is 14.9 Å². The van der Waals surface area contributed by atoms with E-state index in [9.17, 15) is 14.9 Å². The number of carbonyl (C=O) groups is 1. The van der Waals surface area contributed by atoms with E-state index < -0.39 is 16.8 Å². The number of ether oxygens (including phenoxy) is 2. The monoisotopic (exact) mass is 269 g/mol. The number of nitrogens with one attached hydrogen (secondary N) is 1. The fraction of sp³-hybridized carbons (Fsp3) is 0.455. The van der Waals surface area contributed by atoms with Gasteiger partial charge in [-0.15, -0.1) is 0 Å². The number of anilines is 1. The second kappa shape index (κ2) is 6.53. The number of hydrogen-bond acceptors (Lipinski definition) is 7. The molecule has 0 amide bonds. The third kappa shape index (κ3) is 3.80. The van der Waals surface area contributed by atoms with Gasteiger partial charge in [0.25, 0.3) is 0 Å². The molecule has 0 unspecified atom stereocenters. The molecule has 0 aromatic carbocycles. The minimum absolute atomic E-state index is 0.0557. The van der Waals surface area contributed by atoms with Crippen LogP contribution < -0.4 is 10.1 Å². The zero-order valence-electron chi connectivity index (χ0n) is 10.9. The Kier molecular flexibility index (Phi) is 5.04. The van der Waals surface area contributed by atoms with Crippen LogP contribution in [-0.2, 0) is 9.53 Å². The lowest BCUT2D eigenvalue weighted by Gasteiger charge is -2.11. The van der Waals surface area contributed by atoms with Crippen LogP contribution in [0.2, 0.25) is 0 Å². The SMILES string of the molecule is COC(=O)[C@@H](C)CNc1nc(OC)ccc1[N+](=O)[O-]. The fourth-order valence-electron chi connectivity index (χ4n) is 1.36. The lowest BCUT2D eigenvalue weighted by molar-refractivity contribution is -0.384. The summed E-state index contributed by atoms with van der Waals surface area (Å²) in [6, 6.07) is 2.68. The zero-order valence-corrected chi connectivity index (χ0v) is 10.9. The lowest BCUT2D eigenvalue weighted by Crippen LogP contribution is -2.22. The van der Waals surface area contributed by atoms with Crippen molar-refractivity contribution in [2.24, 2.45) is 5.92 Å². The van der Waals surface area contributed by atoms with E-state index in [0.717, 1.165) is 0 Å². The Morgan fingerprint density at radius 1 is 1.53 bits per heavy atom. The highest BCUT2D eigenvalue weighted by Gasteiger charge is 2.19. The number of methoxy groups -OCH3 is 2. The Balaban J connectivity index is 2.86. The molecule has 0 saturated heterocycles. The summed E-state index contributed by atoms with van der Waals surface area (Å²) < 4.78 is 9.46. The summed E-state index contributed by atoms with van der Waals surface area (Å²) in [7, 11) is 2.69. The molecule has 1 aromatic rings. The lowest BCUT2D eigenvalue weighted by atomic mass is 10.2. The minimum atomic E-state index is -0.558. The summed E-state index contributed by atoms with van der Waals surface area (Å²) in [6.07, 6.45) is 0. The van der Waals surface area contributed by atoms with Crippen molar-refractivity contribution in [2.75, 3.05) is 26.1 Å². The molecule has 0 fully saturated rings. The highest BCUT2D eigenvalue weighted by atomic mass is 16.6. The zero-order chi connectivity index (χ0) is 14.4. The Hall–Kier alpha value is -2.38. The van der Waals surface area contributed by atoms with Gasteiger partial charge in [0.1, 0.15) is 0 Å². The average molecular weight is 269 g/mol. The maximum absolute atomic E-state index is 11.2. The smallest absolute Gasteiger partial charge is 0.311 e. The number of hydrogen-bond donors (Lipinski definition) is 1. The van der Waals surface area contributed by atoms with Crippen molar-refractivity contribution in [2.45, 2.75) is 6.92 Å². The predicted octanol–water partition coefficient (Wildman–Crippen LogP) is 1.22. The van der Waals surface area contributed by atoms with Crippen LogP contribution in [0.4, 0.5) is 11.5 Å². The van der Waals surface area contributed by atoms with Gasteiger partial charge in [-0.05, 0) is 0 Å². The second-order valence-electron chi connectivity index (χ2n) is 3.78. The van der Waals surface area contributed by atoms with Crippen LogP contribution >= 0.6 is 0 Å². The first-order chi connectivity index (χ1) is 8.99. The molecular weight excluding hydrogens is 254 g/mol. The second-order valence-corrected chi connectivity index (χ2v) is 3.78. The summed E-state index contributed by atoms with van der Waals surface area (Å²) in [5, 5.41) is 13.6. The van der Waals surface area contributed by atoms with Crippen LogP contribution in [-0.4, -0.2) is 36.6 Å². The van der Waals surface area contributed by atoms with Gasteiger partial charge < -0.3 is 14.8 Å². The van der Waals surface area contributed by atoms with Gasteiger partial charge in [0, 0.05) is 18.7 Å². The quantitative estimate of drug-likeness (QED) is 0.470. The number of esters is 1. The normalized spacial score (nSPS) is 11.5. The van der Waals surface area contributed by atoms with Crippen LogP contribution in [0.5, 0.6) is 5.88 Å². The van der Waals surface area contributed by atoms with Crippen molar-refractivity contribution < 1.29 is 19.2 Å². The maximum atomic E-state index is 11.2. The van der Waals surface area contributed by atoms with Crippen molar-refractivity contribution in [3.05, 3.63) is 22.2 Å². The van der Waals surface area contributed by atoms with Crippen molar-refractivity contribution in [1.82, 2.24) is 4.98 Å². The molecule has 1 aromatic heterocycles.